The molecule has 0 amide bonds. The number of aryl methyl sites for hydroxylation is 2. The molecule has 2 heteroatoms. The second-order valence-corrected chi connectivity index (χ2v) is 2.05. The van der Waals surface area contributed by atoms with Gasteiger partial charge >= 0.3 is 0 Å². The molecule has 1 aromatic rings. The normalized spacial score (nSPS) is 8.22. The zero-order valence-electron chi connectivity index (χ0n) is 5.61. The summed E-state index contributed by atoms with van der Waals surface area (Å²) in [5, 5.41) is 0. The van der Waals surface area contributed by atoms with E-state index < -0.39 is 0 Å². The van der Waals surface area contributed by atoms with E-state index in [9.17, 15) is 0 Å². The number of pyridine rings is 1. The Morgan fingerprint density at radius 3 is 2.33 bits per heavy atom. The number of aromatic amines is 1. The zero-order valence-corrected chi connectivity index (χ0v) is 7.77. The van der Waals surface area contributed by atoms with Gasteiger partial charge in [-0.3, -0.25) is 0 Å². The first-order chi connectivity index (χ1) is 3.79. The Bertz CT molecular complexity index is 169. The van der Waals surface area contributed by atoms with Crippen LogP contribution in [0.25, 0.3) is 0 Å². The highest BCUT2D eigenvalue weighted by atomic mass is 127. The van der Waals surface area contributed by atoms with Crippen LogP contribution in [0.2, 0.25) is 0 Å². The van der Waals surface area contributed by atoms with Gasteiger partial charge in [0.2, 0.25) is 0 Å². The van der Waals surface area contributed by atoms with Crippen molar-refractivity contribution in [3.63, 3.8) is 0 Å². The summed E-state index contributed by atoms with van der Waals surface area (Å²) < 4.78 is 0. The lowest BCUT2D eigenvalue weighted by Gasteiger charge is -1.84. The Morgan fingerprint density at radius 1 is 1.33 bits per heavy atom. The van der Waals surface area contributed by atoms with Crippen LogP contribution >= 0.6 is 0 Å². The van der Waals surface area contributed by atoms with Gasteiger partial charge < -0.3 is 24.0 Å². The van der Waals surface area contributed by atoms with Crippen LogP contribution in [0, 0.1) is 13.8 Å². The predicted molar refractivity (Wildman–Crippen MR) is 32.5 cm³/mol. The molecule has 50 valence electrons. The van der Waals surface area contributed by atoms with Crippen molar-refractivity contribution in [1.29, 1.82) is 0 Å². The number of halogens is 1. The lowest BCUT2D eigenvalue weighted by molar-refractivity contribution is -0.387. The monoisotopic (exact) mass is 235 g/mol. The molecular weight excluding hydrogens is 225 g/mol. The van der Waals surface area contributed by atoms with E-state index in [0.29, 0.717) is 0 Å². The predicted octanol–water partition coefficient (Wildman–Crippen LogP) is -1.88. The maximum atomic E-state index is 3.07. The summed E-state index contributed by atoms with van der Waals surface area (Å²) in [6.07, 6.45) is 1.95. The van der Waals surface area contributed by atoms with E-state index >= 15 is 0 Å². The van der Waals surface area contributed by atoms with Gasteiger partial charge in [0.05, 0.1) is 0 Å². The number of H-pyrrole nitrogens is 1. The first-order valence-electron chi connectivity index (χ1n) is 2.74. The quantitative estimate of drug-likeness (QED) is 0.467. The fourth-order valence-electron chi connectivity index (χ4n) is 0.736. The molecule has 1 aromatic heterocycles. The van der Waals surface area contributed by atoms with Crippen LogP contribution in [0.4, 0.5) is 0 Å². The molecule has 0 aliphatic rings. The summed E-state index contributed by atoms with van der Waals surface area (Å²) in [6.45, 7) is 4.13. The second kappa shape index (κ2) is 3.82. The average Bonchev–Trinajstić information content (AvgIpc) is 1.64. The summed E-state index contributed by atoms with van der Waals surface area (Å²) in [6, 6.07) is 4.16. The van der Waals surface area contributed by atoms with Gasteiger partial charge in [-0.15, -0.1) is 0 Å². The lowest BCUT2D eigenvalue weighted by atomic mass is 10.3. The minimum atomic E-state index is 0. The van der Waals surface area contributed by atoms with E-state index in [4.69, 9.17) is 0 Å². The first-order valence-corrected chi connectivity index (χ1v) is 2.74. The molecule has 0 fully saturated rings. The van der Waals surface area contributed by atoms with Gasteiger partial charge in [-0.2, -0.15) is 0 Å². The fourth-order valence-corrected chi connectivity index (χ4v) is 0.736. The summed E-state index contributed by atoms with van der Waals surface area (Å²) in [5.74, 6) is 0. The van der Waals surface area contributed by atoms with Crippen LogP contribution in [-0.4, -0.2) is 0 Å². The van der Waals surface area contributed by atoms with Crippen molar-refractivity contribution in [3.8, 4) is 0 Å². The van der Waals surface area contributed by atoms with Crippen molar-refractivity contribution in [3.05, 3.63) is 29.6 Å². The number of nitrogens with one attached hydrogen (secondary N) is 1. The molecule has 1 heterocycles. The van der Waals surface area contributed by atoms with Crippen molar-refractivity contribution in [2.24, 2.45) is 0 Å². The minimum absolute atomic E-state index is 0. The van der Waals surface area contributed by atoms with Crippen molar-refractivity contribution in [1.82, 2.24) is 0 Å². The lowest BCUT2D eigenvalue weighted by Crippen LogP contribution is -3.00. The summed E-state index contributed by atoms with van der Waals surface area (Å²) in [4.78, 5) is 3.07. The van der Waals surface area contributed by atoms with Crippen molar-refractivity contribution in [2.45, 2.75) is 13.8 Å². The molecule has 0 aliphatic heterocycles. The molecule has 1 rings (SSSR count). The topological polar surface area (TPSA) is 14.1 Å². The third kappa shape index (κ3) is 2.79. The number of hydrogen-bond donors (Lipinski definition) is 0. The van der Waals surface area contributed by atoms with E-state index in [1.807, 2.05) is 19.2 Å². The molecule has 0 aliphatic carbocycles. The number of hydrogen-bond acceptors (Lipinski definition) is 0. The second-order valence-electron chi connectivity index (χ2n) is 2.05. The zero-order chi connectivity index (χ0) is 5.98. The van der Waals surface area contributed by atoms with E-state index in [-0.39, 0.29) is 24.0 Å². The van der Waals surface area contributed by atoms with E-state index in [2.05, 4.69) is 18.0 Å². The third-order valence-electron chi connectivity index (χ3n) is 1.10. The standard InChI is InChI=1S/C7H9N.HI/c1-6-3-4-8-7(2)5-6;/h3-5H,1-2H3;1H. The molecule has 0 spiro atoms. The van der Waals surface area contributed by atoms with Crippen LogP contribution in [0.1, 0.15) is 11.3 Å². The van der Waals surface area contributed by atoms with Crippen molar-refractivity contribution in [2.75, 3.05) is 0 Å². The van der Waals surface area contributed by atoms with Crippen molar-refractivity contribution >= 4 is 0 Å². The highest BCUT2D eigenvalue weighted by Gasteiger charge is 1.88. The van der Waals surface area contributed by atoms with Gasteiger partial charge in [0.1, 0.15) is 0 Å². The molecule has 1 nitrogen and oxygen atoms in total. The van der Waals surface area contributed by atoms with Gasteiger partial charge in [-0.1, -0.05) is 0 Å². The maximum absolute atomic E-state index is 3.07. The maximum Gasteiger partial charge on any atom is 0.176 e. The largest absolute Gasteiger partial charge is 1.00 e. The average molecular weight is 235 g/mol. The van der Waals surface area contributed by atoms with Crippen LogP contribution in [0.5, 0.6) is 0 Å². The summed E-state index contributed by atoms with van der Waals surface area (Å²) >= 11 is 0. The fraction of sp³-hybridized carbons (Fsp3) is 0.286. The van der Waals surface area contributed by atoms with Crippen LogP contribution < -0.4 is 29.0 Å². The molecule has 0 saturated heterocycles. The van der Waals surface area contributed by atoms with Crippen LogP contribution in [0.15, 0.2) is 18.3 Å². The summed E-state index contributed by atoms with van der Waals surface area (Å²) in [7, 11) is 0. The smallest absolute Gasteiger partial charge is 0.176 e. The number of aromatic nitrogens is 1. The molecular formula is C7H10IN. The Kier molecular flexibility index (Phi) is 3.77. The highest BCUT2D eigenvalue weighted by molar-refractivity contribution is 5.08. The minimum Gasteiger partial charge on any atom is -1.00 e. The Balaban J connectivity index is 0.000000640. The SMILES string of the molecule is Cc1cc[nH+]c(C)c1.[I-]. The third-order valence-corrected chi connectivity index (χ3v) is 1.10. The Labute approximate surface area is 72.5 Å². The van der Waals surface area contributed by atoms with Crippen LogP contribution in [-0.2, 0) is 0 Å². The Morgan fingerprint density at radius 2 is 2.00 bits per heavy atom. The summed E-state index contributed by atoms with van der Waals surface area (Å²) in [5.41, 5.74) is 2.52. The van der Waals surface area contributed by atoms with Gasteiger partial charge in [0.25, 0.3) is 0 Å². The Hall–Kier alpha value is -0.120. The molecule has 1 N–H and O–H groups in total. The van der Waals surface area contributed by atoms with E-state index in [0.717, 1.165) is 0 Å². The molecule has 0 unspecified atom stereocenters. The highest BCUT2D eigenvalue weighted by Crippen LogP contribution is 1.92. The molecule has 9 heavy (non-hydrogen) atoms. The molecule has 0 saturated carbocycles. The van der Waals surface area contributed by atoms with E-state index in [1.165, 1.54) is 11.3 Å². The van der Waals surface area contributed by atoms with E-state index in [1.54, 1.807) is 0 Å². The van der Waals surface area contributed by atoms with Gasteiger partial charge in [0, 0.05) is 19.1 Å². The molecule has 0 atom stereocenters. The first kappa shape index (κ1) is 8.88. The van der Waals surface area contributed by atoms with Crippen molar-refractivity contribution < 1.29 is 29.0 Å². The number of rotatable bonds is 0. The van der Waals surface area contributed by atoms with Gasteiger partial charge in [-0.25, -0.2) is 4.98 Å². The molecule has 0 aromatic carbocycles. The van der Waals surface area contributed by atoms with Gasteiger partial charge in [0.15, 0.2) is 11.9 Å². The molecule has 0 radical (unpaired) electrons. The molecule has 0 bridgehead atoms. The van der Waals surface area contributed by atoms with Gasteiger partial charge in [-0.05, 0) is 12.5 Å². The van der Waals surface area contributed by atoms with Crippen LogP contribution in [0.3, 0.4) is 0 Å².